The fraction of sp³-hybridized carbons (Fsp3) is 0.471. The Morgan fingerprint density at radius 2 is 1.82 bits per heavy atom. The molecule has 0 aromatic heterocycles. The molecule has 1 saturated carbocycles. The predicted octanol–water partition coefficient (Wildman–Crippen LogP) is 2.87. The smallest absolute Gasteiger partial charge is 0.318 e. The van der Waals surface area contributed by atoms with E-state index in [2.05, 4.69) is 22.8 Å². The van der Waals surface area contributed by atoms with Gasteiger partial charge >= 0.3 is 11.8 Å². The number of aryl methyl sites for hydroxylation is 1. The van der Waals surface area contributed by atoms with Gasteiger partial charge in [0.25, 0.3) is 0 Å². The van der Waals surface area contributed by atoms with Crippen LogP contribution in [0.4, 0.5) is 5.69 Å². The number of amides is 2. The lowest BCUT2D eigenvalue weighted by atomic mass is 9.90. The molecule has 2 N–H and O–H groups in total. The number of nitrogens with zero attached hydrogens (tertiary/aromatic N) is 1. The fourth-order valence-corrected chi connectivity index (χ4v) is 2.55. The highest BCUT2D eigenvalue weighted by Gasteiger charge is 2.14. The summed E-state index contributed by atoms with van der Waals surface area (Å²) in [5.41, 5.74) is 4.08. The van der Waals surface area contributed by atoms with Gasteiger partial charge in [-0.15, -0.1) is 0 Å². The van der Waals surface area contributed by atoms with E-state index in [0.717, 1.165) is 19.3 Å². The van der Waals surface area contributed by atoms with E-state index in [1.54, 1.807) is 18.3 Å². The molecule has 1 aliphatic carbocycles. The third kappa shape index (κ3) is 4.98. The van der Waals surface area contributed by atoms with Gasteiger partial charge < -0.3 is 5.32 Å². The lowest BCUT2D eigenvalue weighted by Crippen LogP contribution is -2.32. The summed E-state index contributed by atoms with van der Waals surface area (Å²) in [6, 6.07) is 7.42. The van der Waals surface area contributed by atoms with Crippen molar-refractivity contribution in [1.82, 2.24) is 5.43 Å². The van der Waals surface area contributed by atoms with Gasteiger partial charge in [0.05, 0.1) is 0 Å². The van der Waals surface area contributed by atoms with E-state index in [0.29, 0.717) is 11.6 Å². The second-order valence-corrected chi connectivity index (χ2v) is 5.62. The van der Waals surface area contributed by atoms with Crippen LogP contribution < -0.4 is 10.7 Å². The van der Waals surface area contributed by atoms with E-state index < -0.39 is 11.8 Å². The molecule has 0 aliphatic heterocycles. The minimum absolute atomic E-state index is 0.415. The number of carbonyl (C=O) groups is 2. The van der Waals surface area contributed by atoms with Gasteiger partial charge in [0.2, 0.25) is 0 Å². The first kappa shape index (κ1) is 16.2. The average molecular weight is 301 g/mol. The number of hydrogen-bond donors (Lipinski definition) is 2. The van der Waals surface area contributed by atoms with Crippen LogP contribution in [0.3, 0.4) is 0 Å². The fourth-order valence-electron chi connectivity index (χ4n) is 2.55. The van der Waals surface area contributed by atoms with Gasteiger partial charge in [0, 0.05) is 11.9 Å². The maximum Gasteiger partial charge on any atom is 0.329 e. The molecule has 0 atom stereocenters. The molecule has 0 spiro atoms. The van der Waals surface area contributed by atoms with Crippen LogP contribution in [0.15, 0.2) is 29.4 Å². The van der Waals surface area contributed by atoms with Crippen molar-refractivity contribution in [3.63, 3.8) is 0 Å². The Morgan fingerprint density at radius 1 is 1.14 bits per heavy atom. The van der Waals surface area contributed by atoms with E-state index >= 15 is 0 Å². The molecule has 0 saturated heterocycles. The summed E-state index contributed by atoms with van der Waals surface area (Å²) in [5.74, 6) is -1.03. The topological polar surface area (TPSA) is 70.6 Å². The summed E-state index contributed by atoms with van der Waals surface area (Å²) in [7, 11) is 0. The van der Waals surface area contributed by atoms with E-state index in [4.69, 9.17) is 0 Å². The van der Waals surface area contributed by atoms with Gasteiger partial charge in [-0.3, -0.25) is 9.59 Å². The van der Waals surface area contributed by atoms with Crippen LogP contribution in [0.2, 0.25) is 0 Å². The highest BCUT2D eigenvalue weighted by molar-refractivity contribution is 6.39. The van der Waals surface area contributed by atoms with Crippen molar-refractivity contribution >= 4 is 23.7 Å². The van der Waals surface area contributed by atoms with E-state index in [-0.39, 0.29) is 0 Å². The van der Waals surface area contributed by atoms with Crippen LogP contribution in [0.5, 0.6) is 0 Å². The zero-order chi connectivity index (χ0) is 15.8. The van der Waals surface area contributed by atoms with Crippen LogP contribution in [0.1, 0.15) is 44.6 Å². The molecule has 1 aromatic rings. The lowest BCUT2D eigenvalue weighted by molar-refractivity contribution is -0.136. The summed E-state index contributed by atoms with van der Waals surface area (Å²) in [4.78, 5) is 23.4. The minimum Gasteiger partial charge on any atom is -0.318 e. The Hall–Kier alpha value is -2.17. The van der Waals surface area contributed by atoms with E-state index in [9.17, 15) is 9.59 Å². The quantitative estimate of drug-likeness (QED) is 0.510. The molecule has 1 fully saturated rings. The molecule has 0 radical (unpaired) electrons. The third-order valence-corrected chi connectivity index (χ3v) is 3.93. The molecule has 5 nitrogen and oxygen atoms in total. The number of rotatable bonds is 4. The van der Waals surface area contributed by atoms with Crippen molar-refractivity contribution in [2.24, 2.45) is 11.0 Å². The standard InChI is InChI=1S/C17H23N3O2/c1-2-13-8-10-15(11-9-13)19-16(21)17(22)20-18-12-14-6-4-3-5-7-14/h8-12,14H,2-7H2,1H3,(H,19,21)(H,20,22)/b18-12-. The predicted molar refractivity (Wildman–Crippen MR) is 87.7 cm³/mol. The maximum absolute atomic E-state index is 11.8. The van der Waals surface area contributed by atoms with Gasteiger partial charge in [0.15, 0.2) is 0 Å². The molecule has 22 heavy (non-hydrogen) atoms. The first-order chi connectivity index (χ1) is 10.7. The molecule has 5 heteroatoms. The molecule has 1 aliphatic rings. The summed E-state index contributed by atoms with van der Waals surface area (Å²) in [6.45, 7) is 2.06. The first-order valence-electron chi connectivity index (χ1n) is 7.92. The van der Waals surface area contributed by atoms with Crippen molar-refractivity contribution < 1.29 is 9.59 Å². The number of nitrogens with one attached hydrogen (secondary N) is 2. The summed E-state index contributed by atoms with van der Waals surface area (Å²) >= 11 is 0. The largest absolute Gasteiger partial charge is 0.329 e. The molecule has 0 heterocycles. The van der Waals surface area contributed by atoms with Crippen LogP contribution >= 0.6 is 0 Å². The molecule has 118 valence electrons. The van der Waals surface area contributed by atoms with Crippen LogP contribution in [0.25, 0.3) is 0 Å². The first-order valence-corrected chi connectivity index (χ1v) is 7.92. The van der Waals surface area contributed by atoms with Gasteiger partial charge in [-0.25, -0.2) is 5.43 Å². The Morgan fingerprint density at radius 3 is 2.45 bits per heavy atom. The van der Waals surface area contributed by atoms with Crippen LogP contribution in [0, 0.1) is 5.92 Å². The van der Waals surface area contributed by atoms with Gasteiger partial charge in [-0.2, -0.15) is 5.10 Å². The summed E-state index contributed by atoms with van der Waals surface area (Å²) in [5, 5.41) is 6.46. The van der Waals surface area contributed by atoms with Crippen molar-refractivity contribution in [2.45, 2.75) is 45.4 Å². The molecule has 2 rings (SSSR count). The Kier molecular flexibility index (Phi) is 6.13. The lowest BCUT2D eigenvalue weighted by Gasteiger charge is -2.16. The van der Waals surface area contributed by atoms with Gasteiger partial charge in [-0.1, -0.05) is 38.3 Å². The molecule has 0 unspecified atom stereocenters. The Labute approximate surface area is 131 Å². The van der Waals surface area contributed by atoms with Crippen molar-refractivity contribution in [3.05, 3.63) is 29.8 Å². The zero-order valence-electron chi connectivity index (χ0n) is 13.0. The van der Waals surface area contributed by atoms with E-state index in [1.165, 1.54) is 24.8 Å². The second-order valence-electron chi connectivity index (χ2n) is 5.62. The molecule has 0 bridgehead atoms. The van der Waals surface area contributed by atoms with Crippen LogP contribution in [-0.2, 0) is 16.0 Å². The number of anilines is 1. The highest BCUT2D eigenvalue weighted by atomic mass is 16.2. The normalized spacial score (nSPS) is 15.7. The SMILES string of the molecule is CCc1ccc(NC(=O)C(=O)N/N=C\C2CCCCC2)cc1. The van der Waals surface area contributed by atoms with E-state index in [1.807, 2.05) is 12.1 Å². The van der Waals surface area contributed by atoms with Gasteiger partial charge in [0.1, 0.15) is 0 Å². The monoisotopic (exact) mass is 301 g/mol. The summed E-state index contributed by atoms with van der Waals surface area (Å²) in [6.07, 6.45) is 8.59. The number of hydrazone groups is 1. The van der Waals surface area contributed by atoms with Gasteiger partial charge in [-0.05, 0) is 42.9 Å². The van der Waals surface area contributed by atoms with Crippen molar-refractivity contribution in [1.29, 1.82) is 0 Å². The Balaban J connectivity index is 1.78. The average Bonchev–Trinajstić information content (AvgIpc) is 2.56. The van der Waals surface area contributed by atoms with Crippen LogP contribution in [-0.4, -0.2) is 18.0 Å². The minimum atomic E-state index is -0.744. The second kappa shape index (κ2) is 8.32. The highest BCUT2D eigenvalue weighted by Crippen LogP contribution is 2.21. The molecule has 1 aromatic carbocycles. The zero-order valence-corrected chi connectivity index (χ0v) is 13.0. The van der Waals surface area contributed by atoms with Crippen molar-refractivity contribution in [2.75, 3.05) is 5.32 Å². The number of hydrogen-bond acceptors (Lipinski definition) is 3. The summed E-state index contributed by atoms with van der Waals surface area (Å²) < 4.78 is 0. The Bertz CT molecular complexity index is 531. The molecular formula is C17H23N3O2. The number of carbonyl (C=O) groups excluding carboxylic acids is 2. The third-order valence-electron chi connectivity index (χ3n) is 3.93. The number of benzene rings is 1. The van der Waals surface area contributed by atoms with Crippen molar-refractivity contribution in [3.8, 4) is 0 Å². The molecule has 2 amide bonds. The maximum atomic E-state index is 11.8. The molecular weight excluding hydrogens is 278 g/mol.